The van der Waals surface area contributed by atoms with Crippen LogP contribution in [0.2, 0.25) is 0 Å². The van der Waals surface area contributed by atoms with Crippen molar-refractivity contribution in [1.29, 1.82) is 0 Å². The lowest BCUT2D eigenvalue weighted by atomic mass is 10.2. The van der Waals surface area contributed by atoms with Gasteiger partial charge in [-0.15, -0.1) is 11.3 Å². The number of nitrogens with one attached hydrogen (secondary N) is 1. The van der Waals surface area contributed by atoms with Crippen LogP contribution >= 0.6 is 11.3 Å². The van der Waals surface area contributed by atoms with Gasteiger partial charge in [0.15, 0.2) is 5.75 Å². The second-order valence-electron chi connectivity index (χ2n) is 5.86. The Bertz CT molecular complexity index is 640. The van der Waals surface area contributed by atoms with Gasteiger partial charge in [0.25, 0.3) is 0 Å². The first kappa shape index (κ1) is 14.6. The average molecular weight is 305 g/mol. The van der Waals surface area contributed by atoms with Crippen LogP contribution in [-0.2, 0) is 20.2 Å². The SMILES string of the molecule is Cc1nn(C)c(C)c1OCc1cc(CNC2CC2)sc1C. The summed E-state index contributed by atoms with van der Waals surface area (Å²) in [6, 6.07) is 3.03. The number of nitrogens with zero attached hydrogens (tertiary/aromatic N) is 2. The van der Waals surface area contributed by atoms with Gasteiger partial charge in [0.05, 0.1) is 5.69 Å². The summed E-state index contributed by atoms with van der Waals surface area (Å²) in [5, 5.41) is 7.96. The number of thiophene rings is 1. The van der Waals surface area contributed by atoms with Crippen molar-refractivity contribution in [3.05, 3.63) is 32.8 Å². The van der Waals surface area contributed by atoms with Crippen molar-refractivity contribution in [2.24, 2.45) is 7.05 Å². The van der Waals surface area contributed by atoms with E-state index in [4.69, 9.17) is 4.74 Å². The molecule has 1 fully saturated rings. The van der Waals surface area contributed by atoms with E-state index in [1.807, 2.05) is 36.9 Å². The Kier molecular flexibility index (Phi) is 4.04. The number of aromatic nitrogens is 2. The standard InChI is InChI=1S/C16H23N3OS/c1-10-16(11(2)19(4)18-10)20-9-13-7-15(21-12(13)3)8-17-14-5-6-14/h7,14,17H,5-6,8-9H2,1-4H3. The molecule has 5 heteroatoms. The van der Waals surface area contributed by atoms with Gasteiger partial charge >= 0.3 is 0 Å². The third-order valence-corrected chi connectivity index (χ3v) is 5.12. The second kappa shape index (κ2) is 5.81. The number of aryl methyl sites for hydroxylation is 3. The Morgan fingerprint density at radius 2 is 2.14 bits per heavy atom. The molecule has 2 heterocycles. The van der Waals surface area contributed by atoms with Gasteiger partial charge in [-0.1, -0.05) is 0 Å². The lowest BCUT2D eigenvalue weighted by Crippen LogP contribution is -2.14. The van der Waals surface area contributed by atoms with E-state index >= 15 is 0 Å². The van der Waals surface area contributed by atoms with Crippen LogP contribution in [0.15, 0.2) is 6.07 Å². The van der Waals surface area contributed by atoms with Crippen molar-refractivity contribution in [3.63, 3.8) is 0 Å². The van der Waals surface area contributed by atoms with Gasteiger partial charge in [0.1, 0.15) is 12.3 Å². The molecule has 0 atom stereocenters. The zero-order chi connectivity index (χ0) is 15.0. The van der Waals surface area contributed by atoms with Gasteiger partial charge in [-0.2, -0.15) is 5.10 Å². The van der Waals surface area contributed by atoms with Crippen molar-refractivity contribution in [1.82, 2.24) is 15.1 Å². The van der Waals surface area contributed by atoms with E-state index < -0.39 is 0 Å². The zero-order valence-electron chi connectivity index (χ0n) is 13.2. The third kappa shape index (κ3) is 3.30. The first-order valence-corrected chi connectivity index (χ1v) is 8.31. The molecule has 1 aliphatic rings. The normalized spacial score (nSPS) is 14.7. The van der Waals surface area contributed by atoms with Gasteiger partial charge in [-0.05, 0) is 39.7 Å². The van der Waals surface area contributed by atoms with E-state index in [9.17, 15) is 0 Å². The highest BCUT2D eigenvalue weighted by Gasteiger charge is 2.20. The molecule has 0 saturated heterocycles. The quantitative estimate of drug-likeness (QED) is 0.890. The fourth-order valence-electron chi connectivity index (χ4n) is 2.46. The molecule has 3 rings (SSSR count). The van der Waals surface area contributed by atoms with E-state index in [0.29, 0.717) is 6.61 Å². The highest BCUT2D eigenvalue weighted by molar-refractivity contribution is 7.12. The van der Waals surface area contributed by atoms with E-state index in [0.717, 1.165) is 29.7 Å². The predicted molar refractivity (Wildman–Crippen MR) is 85.9 cm³/mol. The summed E-state index contributed by atoms with van der Waals surface area (Å²) in [4.78, 5) is 2.75. The van der Waals surface area contributed by atoms with Gasteiger partial charge in [-0.25, -0.2) is 0 Å². The molecular formula is C16H23N3OS. The fraction of sp³-hybridized carbons (Fsp3) is 0.562. The summed E-state index contributed by atoms with van der Waals surface area (Å²) in [6.45, 7) is 7.82. The number of hydrogen-bond acceptors (Lipinski definition) is 4. The van der Waals surface area contributed by atoms with Crippen molar-refractivity contribution in [2.75, 3.05) is 0 Å². The van der Waals surface area contributed by atoms with Crippen LogP contribution in [0, 0.1) is 20.8 Å². The molecular weight excluding hydrogens is 282 g/mol. The average Bonchev–Trinajstić information content (AvgIpc) is 3.15. The number of ether oxygens (including phenoxy) is 1. The van der Waals surface area contributed by atoms with Crippen LogP contribution in [-0.4, -0.2) is 15.8 Å². The summed E-state index contributed by atoms with van der Waals surface area (Å²) in [5.41, 5.74) is 3.32. The lowest BCUT2D eigenvalue weighted by Gasteiger charge is -2.06. The van der Waals surface area contributed by atoms with Crippen molar-refractivity contribution in [2.45, 2.75) is 52.8 Å². The molecule has 0 aromatic carbocycles. The van der Waals surface area contributed by atoms with Gasteiger partial charge in [0, 0.05) is 35.0 Å². The molecule has 0 spiro atoms. The molecule has 21 heavy (non-hydrogen) atoms. The van der Waals surface area contributed by atoms with E-state index in [1.165, 1.54) is 28.2 Å². The molecule has 0 aliphatic heterocycles. The monoisotopic (exact) mass is 305 g/mol. The Morgan fingerprint density at radius 3 is 2.76 bits per heavy atom. The predicted octanol–water partition coefficient (Wildman–Crippen LogP) is 3.24. The molecule has 1 N–H and O–H groups in total. The fourth-order valence-corrected chi connectivity index (χ4v) is 3.46. The Balaban J connectivity index is 1.64. The number of rotatable bonds is 6. The summed E-state index contributed by atoms with van der Waals surface area (Å²) in [6.07, 6.45) is 2.67. The molecule has 1 aliphatic carbocycles. The van der Waals surface area contributed by atoms with Crippen LogP contribution in [0.25, 0.3) is 0 Å². The molecule has 4 nitrogen and oxygen atoms in total. The van der Waals surface area contributed by atoms with Crippen LogP contribution in [0.1, 0.15) is 39.5 Å². The van der Waals surface area contributed by atoms with Crippen LogP contribution < -0.4 is 10.1 Å². The van der Waals surface area contributed by atoms with E-state index in [-0.39, 0.29) is 0 Å². The topological polar surface area (TPSA) is 39.1 Å². The smallest absolute Gasteiger partial charge is 0.163 e. The third-order valence-electron chi connectivity index (χ3n) is 4.03. The Morgan fingerprint density at radius 1 is 1.38 bits per heavy atom. The molecule has 0 bridgehead atoms. The van der Waals surface area contributed by atoms with Gasteiger partial charge in [0.2, 0.25) is 0 Å². The second-order valence-corrected chi connectivity index (χ2v) is 7.20. The minimum absolute atomic E-state index is 0.624. The highest BCUT2D eigenvalue weighted by atomic mass is 32.1. The highest BCUT2D eigenvalue weighted by Crippen LogP contribution is 2.27. The van der Waals surface area contributed by atoms with Crippen molar-refractivity contribution < 1.29 is 4.74 Å². The lowest BCUT2D eigenvalue weighted by molar-refractivity contribution is 0.301. The zero-order valence-corrected chi connectivity index (χ0v) is 14.0. The first-order chi connectivity index (χ1) is 10.0. The van der Waals surface area contributed by atoms with E-state index in [1.54, 1.807) is 0 Å². The van der Waals surface area contributed by atoms with Crippen molar-refractivity contribution in [3.8, 4) is 5.75 Å². The number of hydrogen-bond donors (Lipinski definition) is 1. The molecule has 0 amide bonds. The molecule has 114 valence electrons. The summed E-state index contributed by atoms with van der Waals surface area (Å²) >= 11 is 1.87. The Labute approximate surface area is 130 Å². The van der Waals surface area contributed by atoms with Crippen LogP contribution in [0.5, 0.6) is 5.75 Å². The minimum Gasteiger partial charge on any atom is -0.485 e. The largest absolute Gasteiger partial charge is 0.485 e. The minimum atomic E-state index is 0.624. The summed E-state index contributed by atoms with van der Waals surface area (Å²) in [5.74, 6) is 0.917. The molecule has 2 aromatic heterocycles. The summed E-state index contributed by atoms with van der Waals surface area (Å²) in [7, 11) is 1.95. The van der Waals surface area contributed by atoms with Crippen molar-refractivity contribution >= 4 is 11.3 Å². The van der Waals surface area contributed by atoms with Gasteiger partial charge in [-0.3, -0.25) is 4.68 Å². The van der Waals surface area contributed by atoms with E-state index in [2.05, 4.69) is 23.4 Å². The van der Waals surface area contributed by atoms with Crippen LogP contribution in [0.3, 0.4) is 0 Å². The molecule has 1 saturated carbocycles. The van der Waals surface area contributed by atoms with Crippen LogP contribution in [0.4, 0.5) is 0 Å². The molecule has 2 aromatic rings. The first-order valence-electron chi connectivity index (χ1n) is 7.49. The molecule has 0 unspecified atom stereocenters. The maximum absolute atomic E-state index is 6.01. The maximum Gasteiger partial charge on any atom is 0.163 e. The Hall–Kier alpha value is -1.33. The molecule has 0 radical (unpaired) electrons. The van der Waals surface area contributed by atoms with Gasteiger partial charge < -0.3 is 10.1 Å². The summed E-state index contributed by atoms with van der Waals surface area (Å²) < 4.78 is 7.88. The maximum atomic E-state index is 6.01.